The Balaban J connectivity index is 0.000000351. The molecule has 0 bridgehead atoms. The average Bonchev–Trinajstić information content (AvgIpc) is 2.71. The minimum absolute atomic E-state index is 0.0751. The highest BCUT2D eigenvalue weighted by molar-refractivity contribution is 14.1. The molecule has 8 nitrogen and oxygen atoms in total. The maximum Gasteiger partial charge on any atom is 0.573 e. The number of anilines is 2. The molecule has 0 saturated carbocycles. The van der Waals surface area contributed by atoms with E-state index in [0.717, 1.165) is 12.1 Å². The van der Waals surface area contributed by atoms with Crippen molar-refractivity contribution in [2.45, 2.75) is 26.6 Å². The molecule has 0 aliphatic heterocycles. The first kappa shape index (κ1) is 29.9. The molecule has 0 aliphatic carbocycles. The summed E-state index contributed by atoms with van der Waals surface area (Å²) < 4.78 is 89.7. The van der Waals surface area contributed by atoms with Gasteiger partial charge in [-0.1, -0.05) is 18.2 Å². The molecule has 194 valence electrons. The van der Waals surface area contributed by atoms with Crippen LogP contribution in [0, 0.1) is 3.57 Å². The van der Waals surface area contributed by atoms with Crippen molar-refractivity contribution in [1.82, 2.24) is 0 Å². The molecule has 0 unspecified atom stereocenters. The van der Waals surface area contributed by atoms with E-state index in [0.29, 0.717) is 3.57 Å². The summed E-state index contributed by atoms with van der Waals surface area (Å²) in [5.74, 6) is -0.976. The summed E-state index contributed by atoms with van der Waals surface area (Å²) >= 11 is 1.78. The number of halogens is 7. The van der Waals surface area contributed by atoms with Gasteiger partial charge in [0.25, 0.3) is 0 Å². The van der Waals surface area contributed by atoms with Crippen LogP contribution in [-0.2, 0) is 9.47 Å². The van der Waals surface area contributed by atoms with Gasteiger partial charge in [0, 0.05) is 3.57 Å². The summed E-state index contributed by atoms with van der Waals surface area (Å²) in [4.78, 5) is 22.3. The molecule has 0 aromatic heterocycles. The first-order chi connectivity index (χ1) is 16.3. The number of alkyl halides is 6. The van der Waals surface area contributed by atoms with Gasteiger partial charge < -0.3 is 18.9 Å². The lowest BCUT2D eigenvalue weighted by Gasteiger charge is -2.15. The van der Waals surface area contributed by atoms with E-state index in [1.165, 1.54) is 30.3 Å². The molecule has 2 aromatic carbocycles. The molecule has 2 rings (SSSR count). The van der Waals surface area contributed by atoms with Crippen LogP contribution in [0.2, 0.25) is 0 Å². The van der Waals surface area contributed by atoms with E-state index in [1.54, 1.807) is 36.4 Å². The number of carbonyl (C=O) groups is 2. The van der Waals surface area contributed by atoms with Gasteiger partial charge >= 0.3 is 24.9 Å². The topological polar surface area (TPSA) is 95.1 Å². The Bertz CT molecular complexity index is 987. The number of hydrogen-bond acceptors (Lipinski definition) is 6. The summed E-state index contributed by atoms with van der Waals surface area (Å²) in [5.41, 5.74) is -0.183. The van der Waals surface area contributed by atoms with Crippen molar-refractivity contribution in [1.29, 1.82) is 0 Å². The van der Waals surface area contributed by atoms with Crippen LogP contribution >= 0.6 is 22.6 Å². The zero-order valence-electron chi connectivity index (χ0n) is 18.1. The molecule has 0 fully saturated rings. The van der Waals surface area contributed by atoms with E-state index in [4.69, 9.17) is 0 Å². The quantitative estimate of drug-likeness (QED) is 0.268. The summed E-state index contributed by atoms with van der Waals surface area (Å²) in [5, 5.41) is 4.36. The van der Waals surface area contributed by atoms with Crippen molar-refractivity contribution in [3.05, 3.63) is 46.0 Å². The van der Waals surface area contributed by atoms with Crippen LogP contribution in [0.15, 0.2) is 42.5 Å². The number of hydrogen-bond donors (Lipinski definition) is 2. The van der Waals surface area contributed by atoms with Gasteiger partial charge in [0.15, 0.2) is 11.5 Å². The molecule has 2 amide bonds. The van der Waals surface area contributed by atoms with E-state index >= 15 is 0 Å². The fourth-order valence-electron chi connectivity index (χ4n) is 2.17. The van der Waals surface area contributed by atoms with Crippen molar-refractivity contribution >= 4 is 46.2 Å². The molecule has 0 aliphatic rings. The van der Waals surface area contributed by atoms with Crippen LogP contribution in [0.3, 0.4) is 0 Å². The van der Waals surface area contributed by atoms with Crippen molar-refractivity contribution < 1.29 is 54.9 Å². The Hall–Kier alpha value is -3.11. The third kappa shape index (κ3) is 12.2. The Morgan fingerprint density at radius 3 is 1.80 bits per heavy atom. The minimum atomic E-state index is -4.82. The molecule has 0 atom stereocenters. The normalized spacial score (nSPS) is 10.9. The number of nitrogens with one attached hydrogen (secondary N) is 2. The van der Waals surface area contributed by atoms with Gasteiger partial charge in [-0.25, -0.2) is 9.59 Å². The van der Waals surface area contributed by atoms with Gasteiger partial charge in [0.2, 0.25) is 0 Å². The largest absolute Gasteiger partial charge is 0.573 e. The first-order valence-electron chi connectivity index (χ1n) is 9.52. The van der Waals surface area contributed by atoms with Gasteiger partial charge in [0.05, 0.1) is 24.6 Å². The lowest BCUT2D eigenvalue weighted by Crippen LogP contribution is -2.20. The second kappa shape index (κ2) is 13.7. The number of para-hydroxylation sites is 3. The maximum atomic E-state index is 12.2. The second-order valence-corrected chi connectivity index (χ2v) is 7.06. The van der Waals surface area contributed by atoms with Gasteiger partial charge in [-0.05, 0) is 60.7 Å². The van der Waals surface area contributed by atoms with Crippen molar-refractivity contribution in [2.24, 2.45) is 0 Å². The second-order valence-electron chi connectivity index (χ2n) is 5.90. The lowest BCUT2D eigenvalue weighted by atomic mass is 10.3. The minimum Gasteiger partial charge on any atom is -0.450 e. The molecular weight excluding hydrogens is 605 g/mol. The van der Waals surface area contributed by atoms with Gasteiger partial charge in [-0.15, -0.1) is 26.3 Å². The Labute approximate surface area is 209 Å². The van der Waals surface area contributed by atoms with Crippen LogP contribution in [0.5, 0.6) is 11.5 Å². The summed E-state index contributed by atoms with van der Waals surface area (Å²) in [6.45, 7) is 3.40. The predicted octanol–water partition coefficient (Wildman–Crippen LogP) is 6.91. The van der Waals surface area contributed by atoms with E-state index in [1.807, 2.05) is 0 Å². The molecule has 2 aromatic rings. The maximum absolute atomic E-state index is 12.2. The summed E-state index contributed by atoms with van der Waals surface area (Å²) in [7, 11) is 0. The van der Waals surface area contributed by atoms with Crippen molar-refractivity contribution in [3.63, 3.8) is 0 Å². The number of rotatable bonds is 6. The molecule has 15 heteroatoms. The average molecular weight is 624 g/mol. The molecule has 0 heterocycles. The molecule has 0 spiro atoms. The number of benzene rings is 2. The lowest BCUT2D eigenvalue weighted by molar-refractivity contribution is -0.275. The third-order valence-electron chi connectivity index (χ3n) is 3.33. The summed E-state index contributed by atoms with van der Waals surface area (Å²) in [6.07, 6.45) is -11.3. The highest BCUT2D eigenvalue weighted by Crippen LogP contribution is 2.34. The Morgan fingerprint density at radius 1 is 0.771 bits per heavy atom. The fourth-order valence-corrected chi connectivity index (χ4v) is 2.77. The molecule has 0 saturated heterocycles. The zero-order valence-corrected chi connectivity index (χ0v) is 20.2. The highest BCUT2D eigenvalue weighted by atomic mass is 127. The van der Waals surface area contributed by atoms with Crippen LogP contribution in [-0.4, -0.2) is 38.1 Å². The van der Waals surface area contributed by atoms with E-state index < -0.39 is 36.4 Å². The number of amides is 2. The van der Waals surface area contributed by atoms with Gasteiger partial charge in [0.1, 0.15) is 0 Å². The van der Waals surface area contributed by atoms with Gasteiger partial charge in [-0.3, -0.25) is 10.6 Å². The van der Waals surface area contributed by atoms with Crippen LogP contribution in [0.25, 0.3) is 0 Å². The number of ether oxygens (including phenoxy) is 4. The van der Waals surface area contributed by atoms with Crippen molar-refractivity contribution in [2.75, 3.05) is 23.8 Å². The van der Waals surface area contributed by atoms with Crippen LogP contribution in [0.4, 0.5) is 47.3 Å². The van der Waals surface area contributed by atoms with Gasteiger partial charge in [-0.2, -0.15) is 0 Å². The molecule has 0 radical (unpaired) electrons. The smallest absolute Gasteiger partial charge is 0.450 e. The first-order valence-corrected chi connectivity index (χ1v) is 10.6. The summed E-state index contributed by atoms with van der Waals surface area (Å²) in [6, 6.07) is 9.22. The molecule has 35 heavy (non-hydrogen) atoms. The monoisotopic (exact) mass is 624 g/mol. The Kier molecular flexibility index (Phi) is 11.7. The van der Waals surface area contributed by atoms with Crippen LogP contribution in [0.1, 0.15) is 13.8 Å². The van der Waals surface area contributed by atoms with Crippen molar-refractivity contribution in [3.8, 4) is 11.5 Å². The molecular formula is C20H19F6IN2O6. The third-order valence-corrected chi connectivity index (χ3v) is 4.23. The standard InChI is InChI=1S/C10H9F3INO3.C10H10F3NO3/c1-2-17-9(16)15-8-6(14)4-3-5-7(8)18-10(11,12)13;1-2-16-9(15)14-7-5-3-4-6-8(7)17-10(11,12)13/h3-5H,2H2,1H3,(H,15,16);3-6H,2H2,1H3,(H,14,15). The Morgan fingerprint density at radius 2 is 1.26 bits per heavy atom. The zero-order chi connectivity index (χ0) is 26.6. The number of carbonyl (C=O) groups excluding carboxylic acids is 2. The predicted molar refractivity (Wildman–Crippen MR) is 120 cm³/mol. The fraction of sp³-hybridized carbons (Fsp3) is 0.300. The van der Waals surface area contributed by atoms with E-state index in [2.05, 4.69) is 29.6 Å². The molecule has 2 N–H and O–H groups in total. The SMILES string of the molecule is CCOC(=O)Nc1c(I)cccc1OC(F)(F)F.CCOC(=O)Nc1ccccc1OC(F)(F)F. The van der Waals surface area contributed by atoms with E-state index in [-0.39, 0.29) is 24.6 Å². The van der Waals surface area contributed by atoms with Crippen LogP contribution < -0.4 is 20.1 Å². The van der Waals surface area contributed by atoms with E-state index in [9.17, 15) is 35.9 Å². The highest BCUT2D eigenvalue weighted by Gasteiger charge is 2.33.